The molecule has 1 fully saturated rings. The standard InChI is InChI=1S/C25H31Cl2NO2S/c1-16(2)21(15-31-25(3,4)5)28-22(29)14-30-24(18-7-6-8-20(27)13-18)23(28)17-9-11-19(26)12-10-17/h6-13,16,21,23-24H,14-15H2,1-5H3/t21-,23+,24+/m0/s1. The van der Waals surface area contributed by atoms with Crippen molar-refractivity contribution in [3.05, 3.63) is 69.7 Å². The van der Waals surface area contributed by atoms with E-state index in [4.69, 9.17) is 27.9 Å². The molecule has 6 heteroatoms. The number of benzene rings is 2. The van der Waals surface area contributed by atoms with Gasteiger partial charge in [-0.05, 0) is 41.3 Å². The Kier molecular flexibility index (Phi) is 8.01. The molecule has 2 aromatic rings. The van der Waals surface area contributed by atoms with Crippen LogP contribution in [0.1, 0.15) is 57.9 Å². The predicted molar refractivity (Wildman–Crippen MR) is 132 cm³/mol. The zero-order chi connectivity index (χ0) is 22.8. The Bertz CT molecular complexity index is 895. The highest BCUT2D eigenvalue weighted by atomic mass is 35.5. The Balaban J connectivity index is 2.08. The third-order valence-corrected chi connectivity index (χ3v) is 7.32. The largest absolute Gasteiger partial charge is 0.361 e. The molecule has 31 heavy (non-hydrogen) atoms. The minimum Gasteiger partial charge on any atom is -0.361 e. The van der Waals surface area contributed by atoms with E-state index < -0.39 is 0 Å². The first kappa shape index (κ1) is 24.4. The second-order valence-corrected chi connectivity index (χ2v) is 12.0. The van der Waals surface area contributed by atoms with E-state index in [-0.39, 0.29) is 35.4 Å². The summed E-state index contributed by atoms with van der Waals surface area (Å²) in [6.07, 6.45) is -0.307. The number of thioether (sulfide) groups is 1. The van der Waals surface area contributed by atoms with Crippen molar-refractivity contribution in [2.45, 2.75) is 57.6 Å². The third-order valence-electron chi connectivity index (χ3n) is 5.46. The van der Waals surface area contributed by atoms with E-state index in [0.29, 0.717) is 16.0 Å². The lowest BCUT2D eigenvalue weighted by molar-refractivity contribution is -0.164. The van der Waals surface area contributed by atoms with E-state index in [1.165, 1.54) is 0 Å². The fraction of sp³-hybridized carbons (Fsp3) is 0.480. The molecule has 1 aliphatic heterocycles. The number of halogens is 2. The lowest BCUT2D eigenvalue weighted by Gasteiger charge is -2.47. The van der Waals surface area contributed by atoms with Crippen molar-refractivity contribution in [1.29, 1.82) is 0 Å². The maximum Gasteiger partial charge on any atom is 0.249 e. The van der Waals surface area contributed by atoms with Crippen LogP contribution in [0.3, 0.4) is 0 Å². The number of nitrogens with zero attached hydrogens (tertiary/aromatic N) is 1. The molecule has 2 aromatic carbocycles. The molecule has 3 nitrogen and oxygen atoms in total. The van der Waals surface area contributed by atoms with Crippen LogP contribution < -0.4 is 0 Å². The summed E-state index contributed by atoms with van der Waals surface area (Å²) in [6, 6.07) is 15.3. The van der Waals surface area contributed by atoms with Crippen LogP contribution >= 0.6 is 35.0 Å². The van der Waals surface area contributed by atoms with Gasteiger partial charge in [-0.2, -0.15) is 11.8 Å². The molecule has 3 atom stereocenters. The van der Waals surface area contributed by atoms with E-state index in [9.17, 15) is 4.79 Å². The van der Waals surface area contributed by atoms with Crippen LogP contribution in [0.15, 0.2) is 48.5 Å². The van der Waals surface area contributed by atoms with Crippen LogP contribution in [0.4, 0.5) is 0 Å². The molecule has 0 bridgehead atoms. The number of amides is 1. The normalized spacial score (nSPS) is 20.9. The van der Waals surface area contributed by atoms with Gasteiger partial charge in [-0.3, -0.25) is 4.79 Å². The van der Waals surface area contributed by atoms with Gasteiger partial charge in [0.1, 0.15) is 12.7 Å². The van der Waals surface area contributed by atoms with Crippen molar-refractivity contribution in [1.82, 2.24) is 4.90 Å². The average molecular weight is 481 g/mol. The maximum absolute atomic E-state index is 13.3. The van der Waals surface area contributed by atoms with E-state index in [0.717, 1.165) is 16.9 Å². The monoisotopic (exact) mass is 479 g/mol. The Morgan fingerprint density at radius 2 is 1.74 bits per heavy atom. The Hall–Kier alpha value is -1.20. The first-order valence-electron chi connectivity index (χ1n) is 10.6. The second-order valence-electron chi connectivity index (χ2n) is 9.32. The van der Waals surface area contributed by atoms with E-state index >= 15 is 0 Å². The quantitative estimate of drug-likeness (QED) is 0.438. The topological polar surface area (TPSA) is 29.5 Å². The summed E-state index contributed by atoms with van der Waals surface area (Å²) in [4.78, 5) is 15.4. The van der Waals surface area contributed by atoms with Crippen LogP contribution in [0.2, 0.25) is 10.0 Å². The van der Waals surface area contributed by atoms with Crippen LogP contribution in [0.5, 0.6) is 0 Å². The number of hydrogen-bond acceptors (Lipinski definition) is 3. The van der Waals surface area contributed by atoms with Crippen molar-refractivity contribution in [3.63, 3.8) is 0 Å². The summed E-state index contributed by atoms with van der Waals surface area (Å²) in [5.41, 5.74) is 1.98. The SMILES string of the molecule is CC(C)[C@H](CSC(C)(C)C)N1C(=O)CO[C@H](c2cccc(Cl)c2)[C@H]1c1ccc(Cl)cc1. The Labute approximate surface area is 200 Å². The van der Waals surface area contributed by atoms with E-state index in [1.54, 1.807) is 0 Å². The third kappa shape index (κ3) is 6.19. The van der Waals surface area contributed by atoms with Gasteiger partial charge in [0, 0.05) is 26.6 Å². The van der Waals surface area contributed by atoms with Gasteiger partial charge >= 0.3 is 0 Å². The molecule has 1 amide bonds. The zero-order valence-corrected chi connectivity index (χ0v) is 21.1. The predicted octanol–water partition coefficient (Wildman–Crippen LogP) is 7.19. The Morgan fingerprint density at radius 3 is 2.32 bits per heavy atom. The second kappa shape index (κ2) is 10.2. The van der Waals surface area contributed by atoms with E-state index in [1.807, 2.05) is 60.3 Å². The lowest BCUT2D eigenvalue weighted by Crippen LogP contribution is -2.53. The van der Waals surface area contributed by atoms with Gasteiger partial charge in [0.05, 0.1) is 6.04 Å². The van der Waals surface area contributed by atoms with Gasteiger partial charge in [-0.25, -0.2) is 0 Å². The smallest absolute Gasteiger partial charge is 0.249 e. The molecular formula is C25H31Cl2NO2S. The number of rotatable bonds is 6. The van der Waals surface area contributed by atoms with Gasteiger partial charge < -0.3 is 9.64 Å². The number of morpholine rings is 1. The molecule has 0 unspecified atom stereocenters. The van der Waals surface area contributed by atoms with Crippen LogP contribution in [0, 0.1) is 5.92 Å². The molecule has 168 valence electrons. The fourth-order valence-electron chi connectivity index (χ4n) is 3.91. The van der Waals surface area contributed by atoms with Gasteiger partial charge in [0.25, 0.3) is 0 Å². The molecule has 1 heterocycles. The molecule has 0 radical (unpaired) electrons. The van der Waals surface area contributed by atoms with Gasteiger partial charge in [-0.1, -0.05) is 82.1 Å². The average Bonchev–Trinajstić information content (AvgIpc) is 2.68. The number of carbonyl (C=O) groups excluding carboxylic acids is 1. The summed E-state index contributed by atoms with van der Waals surface area (Å²) in [7, 11) is 0. The number of hydrogen-bond donors (Lipinski definition) is 0. The number of ether oxygens (including phenoxy) is 1. The summed E-state index contributed by atoms with van der Waals surface area (Å²) in [6.45, 7) is 11.1. The summed E-state index contributed by atoms with van der Waals surface area (Å²) >= 11 is 14.4. The van der Waals surface area contributed by atoms with Crippen molar-refractivity contribution >= 4 is 40.9 Å². The molecule has 0 spiro atoms. The van der Waals surface area contributed by atoms with Gasteiger partial charge in [-0.15, -0.1) is 0 Å². The van der Waals surface area contributed by atoms with Crippen molar-refractivity contribution in [2.24, 2.45) is 5.92 Å². The molecule has 0 aliphatic carbocycles. The summed E-state index contributed by atoms with van der Waals surface area (Å²) < 4.78 is 6.26. The first-order valence-corrected chi connectivity index (χ1v) is 12.4. The van der Waals surface area contributed by atoms with Gasteiger partial charge in [0.15, 0.2) is 0 Å². The van der Waals surface area contributed by atoms with E-state index in [2.05, 4.69) is 39.5 Å². The molecule has 0 saturated carbocycles. The molecule has 1 saturated heterocycles. The van der Waals surface area contributed by atoms with Crippen LogP contribution in [0.25, 0.3) is 0 Å². The molecule has 0 aromatic heterocycles. The first-order chi connectivity index (χ1) is 14.6. The minimum atomic E-state index is -0.307. The molecule has 1 aliphatic rings. The number of carbonyl (C=O) groups is 1. The van der Waals surface area contributed by atoms with Crippen molar-refractivity contribution in [3.8, 4) is 0 Å². The minimum absolute atomic E-state index is 0.0198. The lowest BCUT2D eigenvalue weighted by atomic mass is 9.90. The molecule has 3 rings (SSSR count). The molecular weight excluding hydrogens is 449 g/mol. The maximum atomic E-state index is 13.3. The highest BCUT2D eigenvalue weighted by molar-refractivity contribution is 8.00. The highest BCUT2D eigenvalue weighted by Gasteiger charge is 2.43. The molecule has 0 N–H and O–H groups in total. The fourth-order valence-corrected chi connectivity index (χ4v) is 5.45. The summed E-state index contributed by atoms with van der Waals surface area (Å²) in [5.74, 6) is 1.18. The van der Waals surface area contributed by atoms with Crippen molar-refractivity contribution in [2.75, 3.05) is 12.4 Å². The Morgan fingerprint density at radius 1 is 1.06 bits per heavy atom. The zero-order valence-electron chi connectivity index (χ0n) is 18.8. The van der Waals surface area contributed by atoms with Gasteiger partial charge in [0.2, 0.25) is 5.91 Å². The van der Waals surface area contributed by atoms with Crippen molar-refractivity contribution < 1.29 is 9.53 Å². The van der Waals surface area contributed by atoms with Crippen LogP contribution in [-0.2, 0) is 9.53 Å². The highest BCUT2D eigenvalue weighted by Crippen LogP contribution is 2.43. The summed E-state index contributed by atoms with van der Waals surface area (Å²) in [5, 5.41) is 1.32. The van der Waals surface area contributed by atoms with Crippen LogP contribution in [-0.4, -0.2) is 34.0 Å².